The summed E-state index contributed by atoms with van der Waals surface area (Å²) in [6, 6.07) is 6.19. The molecule has 1 saturated carbocycles. The molecule has 31 heavy (non-hydrogen) atoms. The zero-order chi connectivity index (χ0) is 22.1. The lowest BCUT2D eigenvalue weighted by Crippen LogP contribution is -2.28. The van der Waals surface area contributed by atoms with Gasteiger partial charge in [0.1, 0.15) is 5.69 Å². The predicted octanol–water partition coefficient (Wildman–Crippen LogP) is 5.56. The number of hydrogen-bond acceptors (Lipinski definition) is 3. The Labute approximate surface area is 185 Å². The first-order chi connectivity index (χ1) is 14.8. The number of aromatic nitrogens is 2. The van der Waals surface area contributed by atoms with Gasteiger partial charge in [-0.25, -0.2) is 4.98 Å². The molecule has 1 aromatic heterocycles. The van der Waals surface area contributed by atoms with E-state index in [1.54, 1.807) is 0 Å². The van der Waals surface area contributed by atoms with Gasteiger partial charge in [0.2, 0.25) is 5.78 Å². The summed E-state index contributed by atoms with van der Waals surface area (Å²) in [4.78, 5) is 20.0. The number of terminal acetylenes is 1. The van der Waals surface area contributed by atoms with Crippen LogP contribution in [0, 0.1) is 17.8 Å². The largest absolute Gasteiger partial charge is 0.385 e. The summed E-state index contributed by atoms with van der Waals surface area (Å²) in [5.41, 5.74) is 4.41. The van der Waals surface area contributed by atoms with E-state index in [9.17, 15) is 9.90 Å². The Bertz CT molecular complexity index is 1050. The topological polar surface area (TPSA) is 66.0 Å². The van der Waals surface area contributed by atoms with Crippen molar-refractivity contribution in [3.63, 3.8) is 0 Å². The number of allylic oxidation sites excluding steroid dienone is 2. The normalized spacial score (nSPS) is 20.0. The second kappa shape index (κ2) is 8.48. The molecule has 0 spiro atoms. The summed E-state index contributed by atoms with van der Waals surface area (Å²) < 4.78 is 0. The number of H-pyrrole nitrogens is 1. The maximum Gasteiger partial charge on any atom is 0.202 e. The van der Waals surface area contributed by atoms with Crippen molar-refractivity contribution in [1.29, 1.82) is 0 Å². The summed E-state index contributed by atoms with van der Waals surface area (Å²) in [5.74, 6) is 2.70. The number of aliphatic hydroxyl groups is 1. The Morgan fingerprint density at radius 3 is 2.65 bits per heavy atom. The molecule has 0 radical (unpaired) electrons. The van der Waals surface area contributed by atoms with Gasteiger partial charge in [-0.05, 0) is 65.8 Å². The molecule has 0 aliphatic heterocycles. The number of ketones is 1. The number of aromatic amines is 1. The van der Waals surface area contributed by atoms with Crippen LogP contribution in [0.25, 0.3) is 5.57 Å². The third-order valence-electron chi connectivity index (χ3n) is 6.99. The van der Waals surface area contributed by atoms with E-state index < -0.39 is 5.60 Å². The number of benzene rings is 1. The van der Waals surface area contributed by atoms with Crippen LogP contribution >= 0.6 is 0 Å². The van der Waals surface area contributed by atoms with Gasteiger partial charge in [-0.3, -0.25) is 4.79 Å². The molecule has 1 fully saturated rings. The van der Waals surface area contributed by atoms with Crippen molar-refractivity contribution in [2.75, 3.05) is 0 Å². The number of rotatable bonds is 5. The van der Waals surface area contributed by atoms with E-state index in [0.717, 1.165) is 61.6 Å². The molecule has 0 unspecified atom stereocenters. The van der Waals surface area contributed by atoms with E-state index in [0.29, 0.717) is 16.9 Å². The van der Waals surface area contributed by atoms with E-state index in [1.165, 1.54) is 18.2 Å². The van der Waals surface area contributed by atoms with Crippen LogP contribution in [0.1, 0.15) is 98.2 Å². The van der Waals surface area contributed by atoms with Gasteiger partial charge in [-0.15, -0.1) is 6.42 Å². The molecule has 4 nitrogen and oxygen atoms in total. The number of nitrogens with zero attached hydrogens (tertiary/aromatic N) is 1. The number of hydrogen-bond donors (Lipinski definition) is 2. The van der Waals surface area contributed by atoms with E-state index in [2.05, 4.69) is 41.9 Å². The summed E-state index contributed by atoms with van der Waals surface area (Å²) in [5, 5.41) is 11.3. The fraction of sp³-hybridized carbons (Fsp3) is 0.481. The van der Waals surface area contributed by atoms with Crippen molar-refractivity contribution in [2.45, 2.75) is 77.2 Å². The summed E-state index contributed by atoms with van der Waals surface area (Å²) in [6.07, 6.45) is 17.5. The number of Topliss-reactive ketones (excluding diaryl/α,β-unsaturated/α-hetero) is 1. The minimum Gasteiger partial charge on any atom is -0.385 e. The number of imidazole rings is 1. The van der Waals surface area contributed by atoms with Gasteiger partial charge in [-0.1, -0.05) is 57.2 Å². The van der Waals surface area contributed by atoms with Crippen molar-refractivity contribution < 1.29 is 9.90 Å². The number of carbonyl (C=O) groups excluding carboxylic acids is 1. The molecule has 2 N–H and O–H groups in total. The van der Waals surface area contributed by atoms with E-state index in [4.69, 9.17) is 6.42 Å². The minimum absolute atomic E-state index is 0.0800. The van der Waals surface area contributed by atoms with Gasteiger partial charge in [0.05, 0.1) is 11.8 Å². The summed E-state index contributed by atoms with van der Waals surface area (Å²) in [7, 11) is 0. The van der Waals surface area contributed by atoms with Gasteiger partial charge in [0.15, 0.2) is 5.82 Å². The van der Waals surface area contributed by atoms with Crippen LogP contribution < -0.4 is 0 Å². The first kappa shape index (κ1) is 21.6. The monoisotopic (exact) mass is 416 g/mol. The molecule has 0 saturated heterocycles. The standard InChI is InChI=1S/C27H32N2O2/c1-4-22-18-28-25(29-22)24(30)16-20-8-9-21(27(31)12-6-5-7-13-27)17-23(20)19-10-14-26(2,3)15-11-19/h1,8-10,17-18,31H,5-7,11-16H2,2-3H3,(H,28,29). The molecule has 0 atom stereocenters. The maximum absolute atomic E-state index is 12.9. The zero-order valence-corrected chi connectivity index (χ0v) is 18.6. The number of carbonyl (C=O) groups is 1. The van der Waals surface area contributed by atoms with Crippen LogP contribution in [0.3, 0.4) is 0 Å². The molecule has 2 aliphatic carbocycles. The van der Waals surface area contributed by atoms with Crippen molar-refractivity contribution in [3.8, 4) is 12.3 Å². The fourth-order valence-corrected chi connectivity index (χ4v) is 4.86. The van der Waals surface area contributed by atoms with Crippen LogP contribution in [0.5, 0.6) is 0 Å². The Balaban J connectivity index is 1.69. The second-order valence-corrected chi connectivity index (χ2v) is 9.95. The predicted molar refractivity (Wildman–Crippen MR) is 124 cm³/mol. The van der Waals surface area contributed by atoms with Crippen LogP contribution in [0.15, 0.2) is 30.5 Å². The number of nitrogens with one attached hydrogen (secondary N) is 1. The molecule has 1 heterocycles. The third-order valence-corrected chi connectivity index (χ3v) is 6.99. The van der Waals surface area contributed by atoms with Crippen LogP contribution in [0.4, 0.5) is 0 Å². The van der Waals surface area contributed by atoms with Crippen molar-refractivity contribution in [1.82, 2.24) is 9.97 Å². The lowest BCUT2D eigenvalue weighted by Gasteiger charge is -2.34. The van der Waals surface area contributed by atoms with Gasteiger partial charge >= 0.3 is 0 Å². The highest BCUT2D eigenvalue weighted by atomic mass is 16.3. The summed E-state index contributed by atoms with van der Waals surface area (Å²) >= 11 is 0. The Morgan fingerprint density at radius 1 is 1.23 bits per heavy atom. The quantitative estimate of drug-likeness (QED) is 0.495. The molecule has 162 valence electrons. The molecule has 4 heteroatoms. The average Bonchev–Trinajstić information content (AvgIpc) is 3.24. The van der Waals surface area contributed by atoms with Gasteiger partial charge in [0, 0.05) is 6.42 Å². The lowest BCUT2D eigenvalue weighted by molar-refractivity contribution is -0.000657. The molecular formula is C27H32N2O2. The van der Waals surface area contributed by atoms with Gasteiger partial charge < -0.3 is 10.1 Å². The fourth-order valence-electron chi connectivity index (χ4n) is 4.86. The van der Waals surface area contributed by atoms with Crippen molar-refractivity contribution >= 4 is 11.4 Å². The first-order valence-corrected chi connectivity index (χ1v) is 11.4. The molecule has 1 aromatic carbocycles. The molecule has 0 bridgehead atoms. The Morgan fingerprint density at radius 2 is 2.00 bits per heavy atom. The second-order valence-electron chi connectivity index (χ2n) is 9.95. The van der Waals surface area contributed by atoms with Crippen molar-refractivity contribution in [2.24, 2.45) is 5.41 Å². The Kier molecular flexibility index (Phi) is 5.90. The van der Waals surface area contributed by atoms with Gasteiger partial charge in [-0.2, -0.15) is 0 Å². The minimum atomic E-state index is -0.757. The third kappa shape index (κ3) is 4.67. The van der Waals surface area contributed by atoms with Crippen LogP contribution in [-0.2, 0) is 12.0 Å². The first-order valence-electron chi connectivity index (χ1n) is 11.4. The lowest BCUT2D eigenvalue weighted by atomic mass is 9.74. The Hall–Kier alpha value is -2.64. The highest BCUT2D eigenvalue weighted by Gasteiger charge is 2.32. The zero-order valence-electron chi connectivity index (χ0n) is 18.6. The highest BCUT2D eigenvalue weighted by Crippen LogP contribution is 2.42. The SMILES string of the molecule is C#Cc1cnc(C(=O)Cc2ccc(C3(O)CCCCC3)cc2C2=CCC(C)(C)CC2)[nH]1. The van der Waals surface area contributed by atoms with Crippen LogP contribution in [0.2, 0.25) is 0 Å². The highest BCUT2D eigenvalue weighted by molar-refractivity contribution is 5.95. The van der Waals surface area contributed by atoms with E-state index in [-0.39, 0.29) is 12.2 Å². The molecule has 2 aromatic rings. The molecule has 2 aliphatic rings. The summed E-state index contributed by atoms with van der Waals surface area (Å²) in [6.45, 7) is 4.59. The van der Waals surface area contributed by atoms with Gasteiger partial charge in [0.25, 0.3) is 0 Å². The van der Waals surface area contributed by atoms with E-state index in [1.807, 2.05) is 12.1 Å². The van der Waals surface area contributed by atoms with E-state index >= 15 is 0 Å². The smallest absolute Gasteiger partial charge is 0.202 e. The molecule has 4 rings (SSSR count). The molecule has 0 amide bonds. The average molecular weight is 417 g/mol. The maximum atomic E-state index is 12.9. The van der Waals surface area contributed by atoms with Crippen LogP contribution in [-0.4, -0.2) is 20.9 Å². The van der Waals surface area contributed by atoms with Crippen molar-refractivity contribution in [3.05, 3.63) is 58.7 Å². The molecular weight excluding hydrogens is 384 g/mol.